The molecule has 0 aliphatic carbocycles. The average Bonchev–Trinajstić information content (AvgIpc) is 2.52. The first-order chi connectivity index (χ1) is 11.1. The number of rotatable bonds is 8. The molecule has 0 aliphatic heterocycles. The highest BCUT2D eigenvalue weighted by molar-refractivity contribution is 8.00. The summed E-state index contributed by atoms with van der Waals surface area (Å²) in [5.41, 5.74) is 10.1. The number of nitrogens with zero attached hydrogens (tertiary/aromatic N) is 1. The highest BCUT2D eigenvalue weighted by Crippen LogP contribution is 2.30. The van der Waals surface area contributed by atoms with Crippen LogP contribution in [0.3, 0.4) is 0 Å². The quantitative estimate of drug-likeness (QED) is 0.350. The predicted molar refractivity (Wildman–Crippen MR) is 100 cm³/mol. The topological polar surface area (TPSA) is 141 Å². The Balaban J connectivity index is 0.00000576. The Hall–Kier alpha value is -1.84. The highest BCUT2D eigenvalue weighted by atomic mass is 35.5. The fourth-order valence-corrected chi connectivity index (χ4v) is 2.67. The number of hydrogen-bond donors (Lipinski definition) is 3. The summed E-state index contributed by atoms with van der Waals surface area (Å²) in [5.74, 6) is -0.877. The van der Waals surface area contributed by atoms with Crippen LogP contribution in [-0.2, 0) is 4.79 Å². The lowest BCUT2D eigenvalue weighted by Gasteiger charge is -2.33. The Bertz CT molecular complexity index is 656. The molecule has 5 N–H and O–H groups in total. The molecule has 8 nitrogen and oxygen atoms in total. The van der Waals surface area contributed by atoms with Crippen molar-refractivity contribution < 1.29 is 14.5 Å². The molecule has 25 heavy (non-hydrogen) atoms. The van der Waals surface area contributed by atoms with Crippen LogP contribution in [0.25, 0.3) is 0 Å². The lowest BCUT2D eigenvalue weighted by Crippen LogP contribution is -2.55. The third-order valence-electron chi connectivity index (χ3n) is 3.92. The van der Waals surface area contributed by atoms with Gasteiger partial charge in [0.15, 0.2) is 0 Å². The van der Waals surface area contributed by atoms with Gasteiger partial charge in [0.2, 0.25) is 11.8 Å². The fourth-order valence-electron chi connectivity index (χ4n) is 1.86. The summed E-state index contributed by atoms with van der Waals surface area (Å²) >= 11 is 1.02. The van der Waals surface area contributed by atoms with Crippen LogP contribution in [-0.4, -0.2) is 34.6 Å². The summed E-state index contributed by atoms with van der Waals surface area (Å²) < 4.78 is 0. The number of nitro groups is 1. The average molecular weight is 391 g/mol. The predicted octanol–water partition coefficient (Wildman–Crippen LogP) is 1.70. The first-order valence-electron chi connectivity index (χ1n) is 7.33. The molecule has 0 bridgehead atoms. The summed E-state index contributed by atoms with van der Waals surface area (Å²) in [5, 5.41) is 14.0. The number of nitro benzene ring substituents is 1. The van der Waals surface area contributed by atoms with Gasteiger partial charge in [-0.25, -0.2) is 0 Å². The molecule has 1 aromatic carbocycles. The van der Waals surface area contributed by atoms with E-state index in [0.29, 0.717) is 4.90 Å². The number of amides is 2. The van der Waals surface area contributed by atoms with Crippen LogP contribution in [0.4, 0.5) is 5.69 Å². The van der Waals surface area contributed by atoms with E-state index in [4.69, 9.17) is 11.5 Å². The Kier molecular flexibility index (Phi) is 8.89. The van der Waals surface area contributed by atoms with Crippen LogP contribution in [0.1, 0.15) is 31.1 Å². The standard InChI is InChI=1S/C15H22N4O4S.ClH/c1-9(2)15(3,8-16)18-13(20)7-24-12-5-4-10(14(17)21)6-11(12)19(22)23;/h4-6,9H,7-8,16H2,1-3H3,(H2,17,21)(H,18,20);1H. The molecule has 0 radical (unpaired) electrons. The van der Waals surface area contributed by atoms with Gasteiger partial charge in [-0.3, -0.25) is 19.7 Å². The molecule has 10 heteroatoms. The lowest BCUT2D eigenvalue weighted by atomic mass is 9.88. The zero-order valence-corrected chi connectivity index (χ0v) is 15.9. The third kappa shape index (κ3) is 6.18. The Morgan fingerprint density at radius 1 is 1.40 bits per heavy atom. The molecule has 0 spiro atoms. The summed E-state index contributed by atoms with van der Waals surface area (Å²) in [7, 11) is 0. The van der Waals surface area contributed by atoms with Crippen LogP contribution in [0, 0.1) is 16.0 Å². The van der Waals surface area contributed by atoms with Crippen molar-refractivity contribution in [3.05, 3.63) is 33.9 Å². The van der Waals surface area contributed by atoms with Crippen LogP contribution in [0.5, 0.6) is 0 Å². The van der Waals surface area contributed by atoms with Crippen molar-refractivity contribution in [1.82, 2.24) is 5.32 Å². The van der Waals surface area contributed by atoms with E-state index in [-0.39, 0.29) is 47.8 Å². The van der Waals surface area contributed by atoms with Gasteiger partial charge in [-0.1, -0.05) is 13.8 Å². The maximum atomic E-state index is 12.1. The molecule has 140 valence electrons. The monoisotopic (exact) mass is 390 g/mol. The van der Waals surface area contributed by atoms with Crippen molar-refractivity contribution in [2.24, 2.45) is 17.4 Å². The second-order valence-corrected chi connectivity index (χ2v) is 6.93. The molecule has 1 unspecified atom stereocenters. The molecule has 0 heterocycles. The molecule has 0 saturated heterocycles. The van der Waals surface area contributed by atoms with Gasteiger partial charge in [0.1, 0.15) is 0 Å². The van der Waals surface area contributed by atoms with E-state index in [1.165, 1.54) is 12.1 Å². The number of carbonyl (C=O) groups is 2. The summed E-state index contributed by atoms with van der Waals surface area (Å²) in [6.45, 7) is 6.04. The second kappa shape index (κ2) is 9.59. The maximum Gasteiger partial charge on any atom is 0.283 e. The van der Waals surface area contributed by atoms with E-state index in [1.807, 2.05) is 20.8 Å². The van der Waals surface area contributed by atoms with Crippen LogP contribution >= 0.6 is 24.2 Å². The molecule has 0 fully saturated rings. The van der Waals surface area contributed by atoms with Crippen molar-refractivity contribution in [1.29, 1.82) is 0 Å². The Labute approximate surface area is 156 Å². The van der Waals surface area contributed by atoms with Gasteiger partial charge in [0.05, 0.1) is 21.1 Å². The minimum Gasteiger partial charge on any atom is -0.366 e. The van der Waals surface area contributed by atoms with Crippen molar-refractivity contribution >= 4 is 41.7 Å². The molecule has 0 aliphatic rings. The van der Waals surface area contributed by atoms with Crippen molar-refractivity contribution in [2.75, 3.05) is 12.3 Å². The third-order valence-corrected chi connectivity index (χ3v) is 4.98. The minimum absolute atomic E-state index is 0. The highest BCUT2D eigenvalue weighted by Gasteiger charge is 2.28. The zero-order valence-electron chi connectivity index (χ0n) is 14.3. The van der Waals surface area contributed by atoms with Crippen LogP contribution < -0.4 is 16.8 Å². The zero-order chi connectivity index (χ0) is 18.5. The molecular weight excluding hydrogens is 368 g/mol. The number of carbonyl (C=O) groups excluding carboxylic acids is 2. The Morgan fingerprint density at radius 3 is 2.44 bits per heavy atom. The maximum absolute atomic E-state index is 12.1. The normalized spacial score (nSPS) is 12.8. The van der Waals surface area contributed by atoms with Gasteiger partial charge in [-0.2, -0.15) is 0 Å². The first kappa shape index (κ1) is 23.2. The largest absolute Gasteiger partial charge is 0.366 e. The Morgan fingerprint density at radius 2 is 2.00 bits per heavy atom. The molecule has 1 rings (SSSR count). The van der Waals surface area contributed by atoms with E-state index in [1.54, 1.807) is 0 Å². The van der Waals surface area contributed by atoms with Crippen LogP contribution in [0.15, 0.2) is 23.1 Å². The molecule has 1 aromatic rings. The summed E-state index contributed by atoms with van der Waals surface area (Å²) in [6, 6.07) is 3.93. The van der Waals surface area contributed by atoms with E-state index < -0.39 is 16.4 Å². The van der Waals surface area contributed by atoms with Crippen molar-refractivity contribution in [2.45, 2.75) is 31.2 Å². The number of nitrogens with two attached hydrogens (primary N) is 2. The summed E-state index contributed by atoms with van der Waals surface area (Å²) in [6.07, 6.45) is 0. The van der Waals surface area contributed by atoms with Gasteiger partial charge in [0.25, 0.3) is 5.69 Å². The number of benzene rings is 1. The van der Waals surface area contributed by atoms with Crippen molar-refractivity contribution in [3.63, 3.8) is 0 Å². The summed E-state index contributed by atoms with van der Waals surface area (Å²) in [4.78, 5) is 34.1. The SMILES string of the molecule is CC(C)C(C)(CN)NC(=O)CSc1ccc(C(N)=O)cc1[N+](=O)[O-].Cl. The first-order valence-corrected chi connectivity index (χ1v) is 8.31. The minimum atomic E-state index is -0.747. The van der Waals surface area contributed by atoms with Gasteiger partial charge in [-0.05, 0) is 25.0 Å². The van der Waals surface area contributed by atoms with E-state index in [9.17, 15) is 19.7 Å². The second-order valence-electron chi connectivity index (χ2n) is 5.92. The van der Waals surface area contributed by atoms with Gasteiger partial charge >= 0.3 is 0 Å². The number of halogens is 1. The smallest absolute Gasteiger partial charge is 0.283 e. The van der Waals surface area contributed by atoms with Gasteiger partial charge < -0.3 is 16.8 Å². The number of primary amides is 1. The molecule has 0 aromatic heterocycles. The van der Waals surface area contributed by atoms with E-state index in [2.05, 4.69) is 5.32 Å². The fraction of sp³-hybridized carbons (Fsp3) is 0.467. The van der Waals surface area contributed by atoms with Crippen LogP contribution in [0.2, 0.25) is 0 Å². The van der Waals surface area contributed by atoms with E-state index in [0.717, 1.165) is 17.8 Å². The number of nitrogens with one attached hydrogen (secondary N) is 1. The molecule has 1 atom stereocenters. The number of hydrogen-bond acceptors (Lipinski definition) is 6. The van der Waals surface area contributed by atoms with E-state index >= 15 is 0 Å². The number of thioether (sulfide) groups is 1. The van der Waals surface area contributed by atoms with Crippen molar-refractivity contribution in [3.8, 4) is 0 Å². The molecule has 0 saturated carbocycles. The van der Waals surface area contributed by atoms with Gasteiger partial charge in [-0.15, -0.1) is 24.2 Å². The lowest BCUT2D eigenvalue weighted by molar-refractivity contribution is -0.387. The molecule has 2 amide bonds. The molecular formula is C15H23ClN4O4S. The van der Waals surface area contributed by atoms with Gasteiger partial charge in [0, 0.05) is 18.2 Å².